The highest BCUT2D eigenvalue weighted by molar-refractivity contribution is 7.09. The highest BCUT2D eigenvalue weighted by Gasteiger charge is 2.32. The molecule has 0 unspecified atom stereocenters. The maximum atomic E-state index is 5.82. The molecule has 2 atom stereocenters. The number of thiazole rings is 1. The third kappa shape index (κ3) is 2.70. The maximum absolute atomic E-state index is 5.82. The van der Waals surface area contributed by atoms with Gasteiger partial charge in [0.25, 0.3) is 0 Å². The molecule has 2 aromatic rings. The maximum Gasteiger partial charge on any atom is 0.139 e. The fourth-order valence-electron chi connectivity index (χ4n) is 2.41. The number of nitrogens with zero attached hydrogens (tertiary/aromatic N) is 3. The van der Waals surface area contributed by atoms with Gasteiger partial charge in [-0.3, -0.25) is 0 Å². The molecule has 1 saturated heterocycles. The minimum atomic E-state index is 0.0426. The summed E-state index contributed by atoms with van der Waals surface area (Å²) in [5.74, 6) is 0.991. The van der Waals surface area contributed by atoms with Gasteiger partial charge in [-0.2, -0.15) is 0 Å². The summed E-state index contributed by atoms with van der Waals surface area (Å²) in [4.78, 5) is 8.86. The highest BCUT2D eigenvalue weighted by Crippen LogP contribution is 2.28. The van der Waals surface area contributed by atoms with Crippen molar-refractivity contribution in [3.05, 3.63) is 34.3 Å². The van der Waals surface area contributed by atoms with Crippen LogP contribution >= 0.6 is 11.3 Å². The lowest BCUT2D eigenvalue weighted by Gasteiger charge is -2.19. The number of aryl methyl sites for hydroxylation is 2. The Morgan fingerprint density at radius 1 is 1.58 bits per heavy atom. The number of rotatable bonds is 4. The molecule has 102 valence electrons. The first-order valence-corrected chi connectivity index (χ1v) is 7.35. The second-order valence-electron chi connectivity index (χ2n) is 4.85. The van der Waals surface area contributed by atoms with Crippen molar-refractivity contribution in [2.75, 3.05) is 6.61 Å². The number of imidazole rings is 1. The van der Waals surface area contributed by atoms with E-state index in [4.69, 9.17) is 4.74 Å². The molecular formula is C13H18N4OS. The summed E-state index contributed by atoms with van der Waals surface area (Å²) in [6, 6.07) is 0.310. The Bertz CT molecular complexity index is 550. The molecule has 5 nitrogen and oxygen atoms in total. The minimum Gasteiger partial charge on any atom is -0.369 e. The molecule has 0 saturated carbocycles. The van der Waals surface area contributed by atoms with Crippen LogP contribution in [0, 0.1) is 6.92 Å². The van der Waals surface area contributed by atoms with Crippen LogP contribution in [0.1, 0.15) is 29.1 Å². The number of aromatic nitrogens is 3. The van der Waals surface area contributed by atoms with Crippen LogP contribution < -0.4 is 5.32 Å². The molecule has 1 N–H and O–H groups in total. The Labute approximate surface area is 116 Å². The zero-order valence-electron chi connectivity index (χ0n) is 11.2. The van der Waals surface area contributed by atoms with Crippen molar-refractivity contribution in [3.8, 4) is 0 Å². The fourth-order valence-corrected chi connectivity index (χ4v) is 3.13. The van der Waals surface area contributed by atoms with Gasteiger partial charge in [-0.1, -0.05) is 0 Å². The Kier molecular flexibility index (Phi) is 3.63. The van der Waals surface area contributed by atoms with Crippen molar-refractivity contribution in [3.63, 3.8) is 0 Å². The molecule has 19 heavy (non-hydrogen) atoms. The number of nitrogens with one attached hydrogen (secondary N) is 1. The van der Waals surface area contributed by atoms with E-state index in [1.54, 1.807) is 11.3 Å². The summed E-state index contributed by atoms with van der Waals surface area (Å²) in [6.07, 6.45) is 4.83. The van der Waals surface area contributed by atoms with Gasteiger partial charge >= 0.3 is 0 Å². The Hall–Kier alpha value is -1.24. The van der Waals surface area contributed by atoms with Crippen molar-refractivity contribution in [1.82, 2.24) is 19.9 Å². The normalized spacial score (nSPS) is 23.1. The van der Waals surface area contributed by atoms with Crippen molar-refractivity contribution in [2.24, 2.45) is 7.05 Å². The average molecular weight is 278 g/mol. The van der Waals surface area contributed by atoms with E-state index >= 15 is 0 Å². The van der Waals surface area contributed by atoms with Gasteiger partial charge in [0.1, 0.15) is 16.9 Å². The van der Waals surface area contributed by atoms with Gasteiger partial charge < -0.3 is 14.6 Å². The lowest BCUT2D eigenvalue weighted by Crippen LogP contribution is -2.32. The standard InChI is InChI=1S/C13H18N4OS/c1-9-8-19-11(16-9)7-15-10-3-6-18-12(10)13-14-4-5-17(13)2/h4-5,8,10,12,15H,3,6-7H2,1-2H3/t10-,12-/m0/s1. The zero-order valence-corrected chi connectivity index (χ0v) is 12.0. The molecule has 0 aromatic carbocycles. The van der Waals surface area contributed by atoms with Crippen LogP contribution in [0.5, 0.6) is 0 Å². The van der Waals surface area contributed by atoms with E-state index in [1.807, 2.05) is 30.9 Å². The van der Waals surface area contributed by atoms with Gasteiger partial charge in [-0.25, -0.2) is 9.97 Å². The lowest BCUT2D eigenvalue weighted by atomic mass is 10.1. The highest BCUT2D eigenvalue weighted by atomic mass is 32.1. The summed E-state index contributed by atoms with van der Waals surface area (Å²) in [5, 5.41) is 6.76. The zero-order chi connectivity index (χ0) is 13.2. The number of hydrogen-bond donors (Lipinski definition) is 1. The molecule has 1 aliphatic rings. The van der Waals surface area contributed by atoms with Crippen LogP contribution in [-0.4, -0.2) is 27.2 Å². The minimum absolute atomic E-state index is 0.0426. The van der Waals surface area contributed by atoms with E-state index in [9.17, 15) is 0 Å². The van der Waals surface area contributed by atoms with Crippen molar-refractivity contribution < 1.29 is 4.74 Å². The van der Waals surface area contributed by atoms with Crippen molar-refractivity contribution in [1.29, 1.82) is 0 Å². The molecule has 2 aromatic heterocycles. The fraction of sp³-hybridized carbons (Fsp3) is 0.538. The first kappa shape index (κ1) is 12.8. The van der Waals surface area contributed by atoms with Crippen LogP contribution in [0.15, 0.2) is 17.8 Å². The molecule has 0 radical (unpaired) electrons. The van der Waals surface area contributed by atoms with Crippen LogP contribution in [0.25, 0.3) is 0 Å². The van der Waals surface area contributed by atoms with E-state index in [0.29, 0.717) is 6.04 Å². The molecule has 0 spiro atoms. The third-order valence-corrected chi connectivity index (χ3v) is 4.35. The first-order valence-electron chi connectivity index (χ1n) is 6.47. The predicted octanol–water partition coefficient (Wildman–Crippen LogP) is 1.80. The molecule has 6 heteroatoms. The third-order valence-electron chi connectivity index (χ3n) is 3.39. The summed E-state index contributed by atoms with van der Waals surface area (Å²) in [6.45, 7) is 3.61. The molecular weight excluding hydrogens is 260 g/mol. The van der Waals surface area contributed by atoms with Gasteiger partial charge in [0.05, 0.1) is 0 Å². The molecule has 1 fully saturated rings. The summed E-state index contributed by atoms with van der Waals surface area (Å²) in [7, 11) is 2.01. The Balaban J connectivity index is 1.65. The Morgan fingerprint density at radius 3 is 3.16 bits per heavy atom. The topological polar surface area (TPSA) is 52.0 Å². The molecule has 0 amide bonds. The number of hydrogen-bond acceptors (Lipinski definition) is 5. The molecule has 3 rings (SSSR count). The molecule has 1 aliphatic heterocycles. The van der Waals surface area contributed by atoms with Crippen LogP contribution in [-0.2, 0) is 18.3 Å². The van der Waals surface area contributed by atoms with E-state index in [0.717, 1.165) is 36.1 Å². The van der Waals surface area contributed by atoms with E-state index < -0.39 is 0 Å². The monoisotopic (exact) mass is 278 g/mol. The SMILES string of the molecule is Cc1csc(CN[C@H]2CCO[C@@H]2c2nccn2C)n1. The van der Waals surface area contributed by atoms with Gasteiger partial charge in [0.2, 0.25) is 0 Å². The van der Waals surface area contributed by atoms with E-state index in [2.05, 4.69) is 20.7 Å². The molecule has 0 aliphatic carbocycles. The smallest absolute Gasteiger partial charge is 0.139 e. The summed E-state index contributed by atoms with van der Waals surface area (Å²) < 4.78 is 7.85. The summed E-state index contributed by atoms with van der Waals surface area (Å²) >= 11 is 1.70. The molecule has 0 bridgehead atoms. The van der Waals surface area contributed by atoms with E-state index in [-0.39, 0.29) is 6.10 Å². The first-order chi connectivity index (χ1) is 9.24. The quantitative estimate of drug-likeness (QED) is 0.926. The largest absolute Gasteiger partial charge is 0.369 e. The second-order valence-corrected chi connectivity index (χ2v) is 5.79. The number of ether oxygens (including phenoxy) is 1. The van der Waals surface area contributed by atoms with E-state index in [1.165, 1.54) is 0 Å². The molecule has 3 heterocycles. The van der Waals surface area contributed by atoms with Crippen LogP contribution in [0.2, 0.25) is 0 Å². The van der Waals surface area contributed by atoms with Crippen molar-refractivity contribution in [2.45, 2.75) is 32.0 Å². The second kappa shape index (κ2) is 5.40. The van der Waals surface area contributed by atoms with Crippen molar-refractivity contribution >= 4 is 11.3 Å². The van der Waals surface area contributed by atoms with Crippen LogP contribution in [0.3, 0.4) is 0 Å². The van der Waals surface area contributed by atoms with Gasteiger partial charge in [-0.05, 0) is 13.3 Å². The predicted molar refractivity (Wildman–Crippen MR) is 74.0 cm³/mol. The average Bonchev–Trinajstić information content (AvgIpc) is 3.07. The van der Waals surface area contributed by atoms with Gasteiger partial charge in [0.15, 0.2) is 0 Å². The van der Waals surface area contributed by atoms with Gasteiger partial charge in [0, 0.05) is 49.7 Å². The summed E-state index contributed by atoms with van der Waals surface area (Å²) in [5.41, 5.74) is 1.09. The Morgan fingerprint density at radius 2 is 2.47 bits per heavy atom. The van der Waals surface area contributed by atoms with Gasteiger partial charge in [-0.15, -0.1) is 11.3 Å². The lowest BCUT2D eigenvalue weighted by molar-refractivity contribution is 0.0893. The van der Waals surface area contributed by atoms with Crippen LogP contribution in [0.4, 0.5) is 0 Å².